The van der Waals surface area contributed by atoms with Gasteiger partial charge in [0.05, 0.1) is 17.3 Å². The number of aliphatic hydroxyl groups is 1. The van der Waals surface area contributed by atoms with Gasteiger partial charge in [-0.25, -0.2) is 18.1 Å². The van der Waals surface area contributed by atoms with Crippen molar-refractivity contribution >= 4 is 21.4 Å². The predicted molar refractivity (Wildman–Crippen MR) is 75.0 cm³/mol. The largest absolute Gasteiger partial charge is 0.390 e. The molecule has 20 heavy (non-hydrogen) atoms. The van der Waals surface area contributed by atoms with Crippen molar-refractivity contribution in [3.8, 4) is 0 Å². The molecule has 7 nitrogen and oxygen atoms in total. The Morgan fingerprint density at radius 1 is 1.45 bits per heavy atom. The van der Waals surface area contributed by atoms with E-state index in [4.69, 9.17) is 5.11 Å². The monoisotopic (exact) mass is 316 g/mol. The standard InChI is InChI=1S/C11H16N4O3S2/c1-7-6-19-10(13-7)3-4-12-20(17,18)11-8(2)14-15-9(11)5-16/h6,12,16H,3-5H2,1-2H3,(H,14,15). The van der Waals surface area contributed by atoms with Crippen LogP contribution in [0.25, 0.3) is 0 Å². The highest BCUT2D eigenvalue weighted by Gasteiger charge is 2.23. The van der Waals surface area contributed by atoms with Gasteiger partial charge in [-0.15, -0.1) is 11.3 Å². The number of sulfonamides is 1. The Bertz CT molecular complexity index is 690. The van der Waals surface area contributed by atoms with Crippen LogP contribution in [0, 0.1) is 13.8 Å². The van der Waals surface area contributed by atoms with Gasteiger partial charge in [0.2, 0.25) is 10.0 Å². The lowest BCUT2D eigenvalue weighted by molar-refractivity contribution is 0.273. The van der Waals surface area contributed by atoms with Gasteiger partial charge in [0.25, 0.3) is 0 Å². The number of thiazole rings is 1. The number of H-pyrrole nitrogens is 1. The second-order valence-electron chi connectivity index (χ2n) is 4.31. The molecule has 0 fully saturated rings. The Kier molecular flexibility index (Phi) is 4.53. The van der Waals surface area contributed by atoms with Gasteiger partial charge in [0.15, 0.2) is 0 Å². The number of nitrogens with one attached hydrogen (secondary N) is 2. The third kappa shape index (κ3) is 3.23. The van der Waals surface area contributed by atoms with E-state index in [1.807, 2.05) is 12.3 Å². The van der Waals surface area contributed by atoms with Crippen molar-refractivity contribution in [1.29, 1.82) is 0 Å². The van der Waals surface area contributed by atoms with E-state index in [2.05, 4.69) is 19.9 Å². The number of nitrogens with zero attached hydrogens (tertiary/aromatic N) is 2. The van der Waals surface area contributed by atoms with Crippen LogP contribution in [0.4, 0.5) is 0 Å². The average molecular weight is 316 g/mol. The Labute approximate surface area is 121 Å². The zero-order chi connectivity index (χ0) is 14.8. The third-order valence-corrected chi connectivity index (χ3v) is 5.37. The zero-order valence-electron chi connectivity index (χ0n) is 11.2. The van der Waals surface area contributed by atoms with E-state index >= 15 is 0 Å². The van der Waals surface area contributed by atoms with Crippen molar-refractivity contribution in [2.45, 2.75) is 31.8 Å². The molecule has 2 aromatic rings. The normalized spacial score (nSPS) is 11.9. The van der Waals surface area contributed by atoms with Gasteiger partial charge >= 0.3 is 0 Å². The van der Waals surface area contributed by atoms with E-state index in [1.54, 1.807) is 6.92 Å². The van der Waals surface area contributed by atoms with E-state index in [-0.39, 0.29) is 17.1 Å². The predicted octanol–water partition coefficient (Wildman–Crippen LogP) is 0.496. The van der Waals surface area contributed by atoms with Gasteiger partial charge in [0.1, 0.15) is 10.6 Å². The van der Waals surface area contributed by atoms with E-state index in [0.717, 1.165) is 10.7 Å². The average Bonchev–Trinajstić information content (AvgIpc) is 2.95. The molecule has 0 bridgehead atoms. The van der Waals surface area contributed by atoms with Gasteiger partial charge in [-0.3, -0.25) is 5.10 Å². The molecule has 0 saturated heterocycles. The van der Waals surface area contributed by atoms with E-state index < -0.39 is 16.6 Å². The highest BCUT2D eigenvalue weighted by molar-refractivity contribution is 7.89. The number of rotatable bonds is 6. The first-order chi connectivity index (χ1) is 9.44. The van der Waals surface area contributed by atoms with Gasteiger partial charge in [0, 0.05) is 24.0 Å². The first kappa shape index (κ1) is 15.1. The van der Waals surface area contributed by atoms with Crippen LogP contribution in [-0.4, -0.2) is 35.3 Å². The van der Waals surface area contributed by atoms with Crippen molar-refractivity contribution in [3.05, 3.63) is 27.5 Å². The Hall–Kier alpha value is -1.29. The van der Waals surface area contributed by atoms with Gasteiger partial charge in [-0.2, -0.15) is 5.10 Å². The molecule has 0 radical (unpaired) electrons. The summed E-state index contributed by atoms with van der Waals surface area (Å²) in [5, 5.41) is 18.3. The summed E-state index contributed by atoms with van der Waals surface area (Å²) in [6, 6.07) is 0. The molecule has 2 heterocycles. The maximum Gasteiger partial charge on any atom is 0.244 e. The lowest BCUT2D eigenvalue weighted by Gasteiger charge is -2.06. The van der Waals surface area contributed by atoms with E-state index in [9.17, 15) is 8.42 Å². The maximum atomic E-state index is 12.2. The molecule has 0 unspecified atom stereocenters. The lowest BCUT2D eigenvalue weighted by atomic mass is 10.4. The van der Waals surface area contributed by atoms with Crippen LogP contribution in [0.2, 0.25) is 0 Å². The molecule has 0 saturated carbocycles. The summed E-state index contributed by atoms with van der Waals surface area (Å²) >= 11 is 1.50. The van der Waals surface area contributed by atoms with Crippen molar-refractivity contribution in [2.24, 2.45) is 0 Å². The molecule has 110 valence electrons. The Balaban J connectivity index is 2.06. The highest BCUT2D eigenvalue weighted by atomic mass is 32.2. The van der Waals surface area contributed by atoms with Crippen LogP contribution in [0.5, 0.6) is 0 Å². The van der Waals surface area contributed by atoms with Crippen molar-refractivity contribution in [1.82, 2.24) is 19.9 Å². The number of aromatic amines is 1. The Morgan fingerprint density at radius 3 is 2.80 bits per heavy atom. The minimum atomic E-state index is -3.68. The fraction of sp³-hybridized carbons (Fsp3) is 0.455. The van der Waals surface area contributed by atoms with Crippen LogP contribution >= 0.6 is 11.3 Å². The SMILES string of the molecule is Cc1csc(CCNS(=O)(=O)c2c(CO)n[nH]c2C)n1. The number of aromatic nitrogens is 3. The number of hydrogen-bond donors (Lipinski definition) is 3. The first-order valence-corrected chi connectivity index (χ1v) is 8.35. The molecular formula is C11H16N4O3S2. The molecule has 9 heteroatoms. The maximum absolute atomic E-state index is 12.2. The molecule has 0 amide bonds. The van der Waals surface area contributed by atoms with Gasteiger partial charge in [-0.05, 0) is 13.8 Å². The quantitative estimate of drug-likeness (QED) is 0.719. The third-order valence-electron chi connectivity index (χ3n) is 2.68. The lowest BCUT2D eigenvalue weighted by Crippen LogP contribution is -2.27. The summed E-state index contributed by atoms with van der Waals surface area (Å²) < 4.78 is 26.9. The number of aryl methyl sites for hydroxylation is 2. The minimum absolute atomic E-state index is 0.0234. The van der Waals surface area contributed by atoms with E-state index in [0.29, 0.717) is 12.1 Å². The summed E-state index contributed by atoms with van der Waals surface area (Å²) in [4.78, 5) is 4.29. The summed E-state index contributed by atoms with van der Waals surface area (Å²) in [5.74, 6) is 0. The zero-order valence-corrected chi connectivity index (χ0v) is 12.8. The molecule has 3 N–H and O–H groups in total. The molecule has 0 aliphatic heterocycles. The molecule has 0 aliphatic carbocycles. The smallest absolute Gasteiger partial charge is 0.244 e. The van der Waals surface area contributed by atoms with Crippen molar-refractivity contribution in [2.75, 3.05) is 6.54 Å². The highest BCUT2D eigenvalue weighted by Crippen LogP contribution is 2.17. The fourth-order valence-electron chi connectivity index (χ4n) is 1.82. The second kappa shape index (κ2) is 6.00. The number of hydrogen-bond acceptors (Lipinski definition) is 6. The summed E-state index contributed by atoms with van der Waals surface area (Å²) in [6.45, 7) is 3.33. The summed E-state index contributed by atoms with van der Waals surface area (Å²) in [6.07, 6.45) is 0.531. The van der Waals surface area contributed by atoms with Crippen LogP contribution in [0.15, 0.2) is 10.3 Å². The topological polar surface area (TPSA) is 108 Å². The molecule has 2 rings (SSSR count). The molecule has 0 spiro atoms. The van der Waals surface area contributed by atoms with Crippen molar-refractivity contribution in [3.63, 3.8) is 0 Å². The molecule has 0 aliphatic rings. The van der Waals surface area contributed by atoms with E-state index in [1.165, 1.54) is 11.3 Å². The van der Waals surface area contributed by atoms with Crippen LogP contribution < -0.4 is 4.72 Å². The molecule has 0 atom stereocenters. The summed E-state index contributed by atoms with van der Waals surface area (Å²) in [5.41, 5.74) is 1.47. The van der Waals surface area contributed by atoms with Gasteiger partial charge in [-0.1, -0.05) is 0 Å². The van der Waals surface area contributed by atoms with Crippen LogP contribution in [-0.2, 0) is 23.1 Å². The summed E-state index contributed by atoms with van der Waals surface area (Å²) in [7, 11) is -3.68. The Morgan fingerprint density at radius 2 is 2.20 bits per heavy atom. The van der Waals surface area contributed by atoms with Gasteiger partial charge < -0.3 is 5.11 Å². The first-order valence-electron chi connectivity index (χ1n) is 5.99. The van der Waals surface area contributed by atoms with Crippen LogP contribution in [0.3, 0.4) is 0 Å². The molecule has 2 aromatic heterocycles. The fourth-order valence-corrected chi connectivity index (χ4v) is 3.98. The van der Waals surface area contributed by atoms with Crippen molar-refractivity contribution < 1.29 is 13.5 Å². The molecular weight excluding hydrogens is 300 g/mol. The number of aliphatic hydroxyl groups excluding tert-OH is 1. The molecule has 0 aromatic carbocycles. The minimum Gasteiger partial charge on any atom is -0.390 e. The second-order valence-corrected chi connectivity index (χ2v) is 6.96. The van der Waals surface area contributed by atoms with Crippen LogP contribution in [0.1, 0.15) is 22.1 Å².